The Bertz CT molecular complexity index is 886. The van der Waals surface area contributed by atoms with E-state index < -0.39 is 22.0 Å². The number of carbonyl (C=O) groups excluding carboxylic acids is 2. The Morgan fingerprint density at radius 3 is 2.42 bits per heavy atom. The highest BCUT2D eigenvalue weighted by atomic mass is 32.2. The molecule has 0 saturated carbocycles. The molecule has 9 heteroatoms. The van der Waals surface area contributed by atoms with E-state index in [1.54, 1.807) is 12.1 Å². The van der Waals surface area contributed by atoms with Gasteiger partial charge in [0.25, 0.3) is 0 Å². The fourth-order valence-corrected chi connectivity index (χ4v) is 5.36. The fraction of sp³-hybridized carbons (Fsp3) is 0.667. The molecule has 0 spiro atoms. The summed E-state index contributed by atoms with van der Waals surface area (Å²) < 4.78 is 32.7. The first-order valence-corrected chi connectivity index (χ1v) is 13.3. The number of hydrogen-bond acceptors (Lipinski definition) is 5. The highest BCUT2D eigenvalue weighted by molar-refractivity contribution is 7.89. The number of piperidine rings is 1. The second-order valence-corrected chi connectivity index (χ2v) is 11.2. The molecule has 2 rings (SSSR count). The molecule has 0 aromatic heterocycles. The van der Waals surface area contributed by atoms with Crippen LogP contribution in [0.5, 0.6) is 5.75 Å². The van der Waals surface area contributed by atoms with Gasteiger partial charge in [0.15, 0.2) is 0 Å². The van der Waals surface area contributed by atoms with Gasteiger partial charge in [-0.25, -0.2) is 8.42 Å². The van der Waals surface area contributed by atoms with E-state index in [9.17, 15) is 18.0 Å². The summed E-state index contributed by atoms with van der Waals surface area (Å²) in [6, 6.07) is 5.60. The van der Waals surface area contributed by atoms with E-state index in [4.69, 9.17) is 4.74 Å². The Kier molecular flexibility index (Phi) is 10.2. The lowest BCUT2D eigenvalue weighted by molar-refractivity contribution is -0.133. The summed E-state index contributed by atoms with van der Waals surface area (Å²) in [5.41, 5.74) is 0. The normalized spacial score (nSPS) is 19.0. The van der Waals surface area contributed by atoms with Crippen LogP contribution in [0.4, 0.5) is 0 Å². The minimum atomic E-state index is -3.72. The van der Waals surface area contributed by atoms with Crippen LogP contribution in [0.2, 0.25) is 0 Å². The zero-order chi connectivity index (χ0) is 24.6. The lowest BCUT2D eigenvalue weighted by Gasteiger charge is -2.33. The lowest BCUT2D eigenvalue weighted by atomic mass is 9.94. The van der Waals surface area contributed by atoms with Crippen LogP contribution in [0.1, 0.15) is 53.4 Å². The molecule has 1 aromatic rings. The van der Waals surface area contributed by atoms with E-state index >= 15 is 0 Å². The van der Waals surface area contributed by atoms with Crippen molar-refractivity contribution < 1.29 is 22.7 Å². The van der Waals surface area contributed by atoms with E-state index in [-0.39, 0.29) is 29.2 Å². The summed E-state index contributed by atoms with van der Waals surface area (Å²) in [5, 5.41) is 5.84. The molecule has 0 unspecified atom stereocenters. The van der Waals surface area contributed by atoms with Crippen LogP contribution in [-0.4, -0.2) is 57.3 Å². The van der Waals surface area contributed by atoms with Gasteiger partial charge in [0.1, 0.15) is 11.8 Å². The monoisotopic (exact) mass is 481 g/mol. The second kappa shape index (κ2) is 12.4. The zero-order valence-corrected chi connectivity index (χ0v) is 21.3. The maximum Gasteiger partial charge on any atom is 0.243 e. The average molecular weight is 482 g/mol. The number of amides is 2. The largest absolute Gasteiger partial charge is 0.497 e. The summed E-state index contributed by atoms with van der Waals surface area (Å²) in [6.07, 6.45) is 2.78. The number of benzene rings is 1. The van der Waals surface area contributed by atoms with Crippen molar-refractivity contribution in [3.8, 4) is 5.75 Å². The molecule has 1 aromatic carbocycles. The Balaban J connectivity index is 2.07. The van der Waals surface area contributed by atoms with E-state index in [1.165, 1.54) is 23.5 Å². The molecule has 2 N–H and O–H groups in total. The van der Waals surface area contributed by atoms with Crippen LogP contribution in [0.25, 0.3) is 0 Å². The number of methoxy groups -OCH3 is 1. The SMILES string of the molecule is CC[C@@H](C)[C@H](NC(=O)[C@H]1CCCN(S(=O)(=O)c2ccc(OC)cc2)C1)C(=O)NCCC(C)C. The van der Waals surface area contributed by atoms with Gasteiger partial charge in [-0.15, -0.1) is 0 Å². The summed E-state index contributed by atoms with van der Waals surface area (Å²) in [6.45, 7) is 9.13. The molecular weight excluding hydrogens is 442 g/mol. The van der Waals surface area contributed by atoms with Crippen molar-refractivity contribution in [1.82, 2.24) is 14.9 Å². The number of sulfonamides is 1. The Morgan fingerprint density at radius 2 is 1.85 bits per heavy atom. The molecule has 186 valence electrons. The Hall–Kier alpha value is -2.13. The number of carbonyl (C=O) groups is 2. The maximum absolute atomic E-state index is 13.1. The van der Waals surface area contributed by atoms with Crippen molar-refractivity contribution in [3.05, 3.63) is 24.3 Å². The standard InChI is InChI=1S/C24H39N3O5S/c1-6-18(4)22(24(29)25-14-13-17(2)3)26-23(28)19-8-7-15-27(16-19)33(30,31)21-11-9-20(32-5)10-12-21/h9-12,17-19,22H,6-8,13-16H2,1-5H3,(H,25,29)(H,26,28)/t18-,19+,22+/m1/s1. The van der Waals surface area contributed by atoms with Crippen molar-refractivity contribution in [2.24, 2.45) is 17.8 Å². The smallest absolute Gasteiger partial charge is 0.243 e. The Morgan fingerprint density at radius 1 is 1.18 bits per heavy atom. The number of rotatable bonds is 11. The molecule has 33 heavy (non-hydrogen) atoms. The van der Waals surface area contributed by atoms with Crippen LogP contribution in [0.3, 0.4) is 0 Å². The van der Waals surface area contributed by atoms with Crippen LogP contribution < -0.4 is 15.4 Å². The average Bonchev–Trinajstić information content (AvgIpc) is 2.81. The predicted molar refractivity (Wildman–Crippen MR) is 128 cm³/mol. The minimum Gasteiger partial charge on any atom is -0.497 e. The van der Waals surface area contributed by atoms with Crippen LogP contribution in [0, 0.1) is 17.8 Å². The van der Waals surface area contributed by atoms with Gasteiger partial charge in [0.05, 0.1) is 17.9 Å². The van der Waals surface area contributed by atoms with Gasteiger partial charge in [0, 0.05) is 19.6 Å². The summed E-state index contributed by atoms with van der Waals surface area (Å²) in [4.78, 5) is 26.0. The van der Waals surface area contributed by atoms with Crippen LogP contribution in [-0.2, 0) is 19.6 Å². The van der Waals surface area contributed by atoms with Gasteiger partial charge < -0.3 is 15.4 Å². The topological polar surface area (TPSA) is 105 Å². The van der Waals surface area contributed by atoms with Crippen molar-refractivity contribution in [1.29, 1.82) is 0 Å². The first kappa shape index (κ1) is 27.1. The van der Waals surface area contributed by atoms with E-state index in [0.29, 0.717) is 37.6 Å². The number of hydrogen-bond donors (Lipinski definition) is 2. The molecule has 1 aliphatic heterocycles. The maximum atomic E-state index is 13.1. The van der Waals surface area contributed by atoms with E-state index in [2.05, 4.69) is 24.5 Å². The minimum absolute atomic E-state index is 0.0317. The fourth-order valence-electron chi connectivity index (χ4n) is 3.84. The predicted octanol–water partition coefficient (Wildman–Crippen LogP) is 2.79. The molecule has 1 fully saturated rings. The molecule has 2 amide bonds. The third kappa shape index (κ3) is 7.43. The Labute approximate surface area is 198 Å². The second-order valence-electron chi connectivity index (χ2n) is 9.22. The number of nitrogens with one attached hydrogen (secondary N) is 2. The third-order valence-corrected chi connectivity index (χ3v) is 8.15. The molecule has 1 heterocycles. The number of nitrogens with zero attached hydrogens (tertiary/aromatic N) is 1. The van der Waals surface area contributed by atoms with Crippen molar-refractivity contribution in [3.63, 3.8) is 0 Å². The summed E-state index contributed by atoms with van der Waals surface area (Å²) in [7, 11) is -2.20. The van der Waals surface area contributed by atoms with Crippen molar-refractivity contribution in [2.45, 2.75) is 64.3 Å². The molecule has 0 aliphatic carbocycles. The van der Waals surface area contributed by atoms with Gasteiger partial charge in [-0.2, -0.15) is 4.31 Å². The van der Waals surface area contributed by atoms with Gasteiger partial charge >= 0.3 is 0 Å². The van der Waals surface area contributed by atoms with Crippen molar-refractivity contribution >= 4 is 21.8 Å². The first-order chi connectivity index (χ1) is 15.6. The molecular formula is C24H39N3O5S. The molecule has 3 atom stereocenters. The molecule has 8 nitrogen and oxygen atoms in total. The molecule has 0 radical (unpaired) electrons. The van der Waals surface area contributed by atoms with Gasteiger partial charge in [-0.05, 0) is 55.4 Å². The van der Waals surface area contributed by atoms with Crippen molar-refractivity contribution in [2.75, 3.05) is 26.7 Å². The zero-order valence-electron chi connectivity index (χ0n) is 20.5. The van der Waals surface area contributed by atoms with Gasteiger partial charge in [-0.3, -0.25) is 9.59 Å². The van der Waals surface area contributed by atoms with Crippen LogP contribution in [0.15, 0.2) is 29.2 Å². The van der Waals surface area contributed by atoms with Gasteiger partial charge in [-0.1, -0.05) is 34.1 Å². The lowest BCUT2D eigenvalue weighted by Crippen LogP contribution is -2.54. The molecule has 1 aliphatic rings. The highest BCUT2D eigenvalue weighted by Gasteiger charge is 2.35. The quantitative estimate of drug-likeness (QED) is 0.506. The molecule has 0 bridgehead atoms. The van der Waals surface area contributed by atoms with E-state index in [1.807, 2.05) is 13.8 Å². The number of ether oxygens (including phenoxy) is 1. The van der Waals surface area contributed by atoms with E-state index in [0.717, 1.165) is 12.8 Å². The molecule has 1 saturated heterocycles. The first-order valence-electron chi connectivity index (χ1n) is 11.8. The highest BCUT2D eigenvalue weighted by Crippen LogP contribution is 2.25. The third-order valence-electron chi connectivity index (χ3n) is 6.27. The summed E-state index contributed by atoms with van der Waals surface area (Å²) in [5.74, 6) is 0.0683. The van der Waals surface area contributed by atoms with Crippen LogP contribution >= 0.6 is 0 Å². The van der Waals surface area contributed by atoms with Gasteiger partial charge in [0.2, 0.25) is 21.8 Å². The summed E-state index contributed by atoms with van der Waals surface area (Å²) >= 11 is 0.